The largest absolute Gasteiger partial charge is 0.307 e. The van der Waals surface area contributed by atoms with Gasteiger partial charge in [-0.1, -0.05) is 12.1 Å². The molecule has 4 rings (SSSR count). The van der Waals surface area contributed by atoms with E-state index >= 15 is 0 Å². The molecule has 1 aromatic carbocycles. The molecule has 0 fully saturated rings. The van der Waals surface area contributed by atoms with Gasteiger partial charge in [-0.05, 0) is 36.8 Å². The molecule has 0 atom stereocenters. The number of hydrogen-bond donors (Lipinski definition) is 0. The summed E-state index contributed by atoms with van der Waals surface area (Å²) in [6, 6.07) is 12.5. The normalized spacial score (nSPS) is 11.4. The topological polar surface area (TPSA) is 30.2 Å². The molecule has 3 nitrogen and oxygen atoms in total. The van der Waals surface area contributed by atoms with Crippen LogP contribution < -0.4 is 0 Å². The molecule has 0 bridgehead atoms. The lowest BCUT2D eigenvalue weighted by Gasteiger charge is -1.97. The van der Waals surface area contributed by atoms with Gasteiger partial charge in [0.1, 0.15) is 5.65 Å². The number of benzene rings is 1. The monoisotopic (exact) mass is 279 g/mol. The maximum Gasteiger partial charge on any atom is 0.136 e. The first-order chi connectivity index (χ1) is 9.78. The summed E-state index contributed by atoms with van der Waals surface area (Å²) < 4.78 is 3.31. The van der Waals surface area contributed by atoms with E-state index in [4.69, 9.17) is 0 Å². The van der Waals surface area contributed by atoms with Crippen LogP contribution in [0.1, 0.15) is 16.3 Å². The van der Waals surface area contributed by atoms with Gasteiger partial charge in [0.2, 0.25) is 0 Å². The zero-order chi connectivity index (χ0) is 13.5. The Kier molecular flexibility index (Phi) is 2.57. The van der Waals surface area contributed by atoms with Crippen LogP contribution >= 0.6 is 11.3 Å². The fourth-order valence-corrected chi connectivity index (χ4v) is 3.29. The number of aromatic nitrogens is 3. The van der Waals surface area contributed by atoms with Gasteiger partial charge in [0.05, 0.1) is 20.9 Å². The van der Waals surface area contributed by atoms with Crippen LogP contribution in [0.25, 0.3) is 15.9 Å². The predicted molar refractivity (Wildman–Crippen MR) is 82.4 cm³/mol. The Labute approximate surface area is 120 Å². The van der Waals surface area contributed by atoms with Crippen molar-refractivity contribution in [3.05, 3.63) is 65.1 Å². The molecule has 4 heteroatoms. The predicted octanol–water partition coefficient (Wildman–Crippen LogP) is 3.84. The fraction of sp³-hybridized carbons (Fsp3) is 0.125. The number of imidazole rings is 1. The third kappa shape index (κ3) is 1.98. The standard InChI is InChI=1S/C16H13N3S/c1-11-17-14-9-12(5-6-15(14)20-11)8-13-10-19-7-3-2-4-16(19)18-13/h2-7,9-10H,8H2,1H3. The molecule has 0 aliphatic heterocycles. The van der Waals surface area contributed by atoms with E-state index in [0.29, 0.717) is 0 Å². The molecule has 98 valence electrons. The number of rotatable bonds is 2. The van der Waals surface area contributed by atoms with Crippen LogP contribution in [0, 0.1) is 6.92 Å². The fourth-order valence-electron chi connectivity index (χ4n) is 2.48. The highest BCUT2D eigenvalue weighted by molar-refractivity contribution is 7.18. The van der Waals surface area contributed by atoms with E-state index in [1.165, 1.54) is 10.3 Å². The van der Waals surface area contributed by atoms with Crippen molar-refractivity contribution in [2.75, 3.05) is 0 Å². The highest BCUT2D eigenvalue weighted by atomic mass is 32.1. The van der Waals surface area contributed by atoms with E-state index in [1.54, 1.807) is 11.3 Å². The summed E-state index contributed by atoms with van der Waals surface area (Å²) in [5.41, 5.74) is 4.43. The molecule has 0 saturated heterocycles. The van der Waals surface area contributed by atoms with Crippen molar-refractivity contribution in [1.29, 1.82) is 0 Å². The number of pyridine rings is 1. The van der Waals surface area contributed by atoms with Gasteiger partial charge in [-0.15, -0.1) is 11.3 Å². The van der Waals surface area contributed by atoms with E-state index in [2.05, 4.69) is 38.8 Å². The highest BCUT2D eigenvalue weighted by Crippen LogP contribution is 2.23. The van der Waals surface area contributed by atoms with E-state index in [1.807, 2.05) is 31.3 Å². The number of aryl methyl sites for hydroxylation is 1. The maximum atomic E-state index is 4.64. The molecule has 20 heavy (non-hydrogen) atoms. The summed E-state index contributed by atoms with van der Waals surface area (Å²) in [5.74, 6) is 0. The van der Waals surface area contributed by atoms with Gasteiger partial charge in [-0.3, -0.25) is 0 Å². The van der Waals surface area contributed by atoms with Crippen LogP contribution in [-0.4, -0.2) is 14.4 Å². The Morgan fingerprint density at radius 3 is 3.00 bits per heavy atom. The molecule has 0 unspecified atom stereocenters. The van der Waals surface area contributed by atoms with Crippen molar-refractivity contribution >= 4 is 27.2 Å². The first-order valence-electron chi connectivity index (χ1n) is 6.57. The molecule has 0 aliphatic carbocycles. The second kappa shape index (κ2) is 4.42. The second-order valence-corrected chi connectivity index (χ2v) is 6.14. The van der Waals surface area contributed by atoms with Crippen LogP contribution in [0.5, 0.6) is 0 Å². The lowest BCUT2D eigenvalue weighted by atomic mass is 10.1. The average Bonchev–Trinajstić information content (AvgIpc) is 2.99. The number of thiazole rings is 1. The van der Waals surface area contributed by atoms with Crippen LogP contribution in [0.3, 0.4) is 0 Å². The van der Waals surface area contributed by atoms with Gasteiger partial charge in [0, 0.05) is 18.8 Å². The molecular weight excluding hydrogens is 266 g/mol. The van der Waals surface area contributed by atoms with Crippen molar-refractivity contribution in [3.63, 3.8) is 0 Å². The first-order valence-corrected chi connectivity index (χ1v) is 7.38. The summed E-state index contributed by atoms with van der Waals surface area (Å²) in [5, 5.41) is 1.12. The van der Waals surface area contributed by atoms with Crippen molar-refractivity contribution in [2.45, 2.75) is 13.3 Å². The molecular formula is C16H13N3S. The smallest absolute Gasteiger partial charge is 0.136 e. The Morgan fingerprint density at radius 2 is 2.10 bits per heavy atom. The lowest BCUT2D eigenvalue weighted by molar-refractivity contribution is 1.11. The summed E-state index contributed by atoms with van der Waals surface area (Å²) >= 11 is 1.74. The number of fused-ring (bicyclic) bond motifs is 2. The van der Waals surface area contributed by atoms with E-state index in [-0.39, 0.29) is 0 Å². The van der Waals surface area contributed by atoms with Crippen LogP contribution in [0.15, 0.2) is 48.8 Å². The van der Waals surface area contributed by atoms with Crippen LogP contribution in [-0.2, 0) is 6.42 Å². The summed E-state index contributed by atoms with van der Waals surface area (Å²) in [6.45, 7) is 2.05. The Hall–Kier alpha value is -2.20. The number of hydrogen-bond acceptors (Lipinski definition) is 3. The van der Waals surface area contributed by atoms with Gasteiger partial charge >= 0.3 is 0 Å². The van der Waals surface area contributed by atoms with Gasteiger partial charge in [-0.25, -0.2) is 9.97 Å². The highest BCUT2D eigenvalue weighted by Gasteiger charge is 2.05. The van der Waals surface area contributed by atoms with Crippen molar-refractivity contribution < 1.29 is 0 Å². The zero-order valence-corrected chi connectivity index (χ0v) is 11.9. The zero-order valence-electron chi connectivity index (χ0n) is 11.1. The third-order valence-electron chi connectivity index (χ3n) is 3.36. The average molecular weight is 279 g/mol. The molecule has 4 aromatic rings. The quantitative estimate of drug-likeness (QED) is 0.558. The Bertz CT molecular complexity index is 871. The molecule has 0 saturated carbocycles. The summed E-state index contributed by atoms with van der Waals surface area (Å²) in [4.78, 5) is 9.19. The Morgan fingerprint density at radius 1 is 1.15 bits per heavy atom. The summed E-state index contributed by atoms with van der Waals surface area (Å²) in [7, 11) is 0. The molecule has 3 aromatic heterocycles. The molecule has 0 radical (unpaired) electrons. The second-order valence-electron chi connectivity index (χ2n) is 4.91. The third-order valence-corrected chi connectivity index (χ3v) is 4.31. The van der Waals surface area contributed by atoms with Gasteiger partial charge in [0.25, 0.3) is 0 Å². The van der Waals surface area contributed by atoms with Gasteiger partial charge in [-0.2, -0.15) is 0 Å². The van der Waals surface area contributed by atoms with Crippen LogP contribution in [0.2, 0.25) is 0 Å². The van der Waals surface area contributed by atoms with Crippen LogP contribution in [0.4, 0.5) is 0 Å². The van der Waals surface area contributed by atoms with E-state index in [0.717, 1.165) is 28.3 Å². The SMILES string of the molecule is Cc1nc2cc(Cc3cn4ccccc4n3)ccc2s1. The molecule has 0 amide bonds. The maximum absolute atomic E-state index is 4.64. The first kappa shape index (κ1) is 11.6. The molecule has 3 heterocycles. The number of nitrogens with zero attached hydrogens (tertiary/aromatic N) is 3. The molecule has 0 aliphatic rings. The van der Waals surface area contributed by atoms with Crippen molar-refractivity contribution in [2.24, 2.45) is 0 Å². The minimum Gasteiger partial charge on any atom is -0.307 e. The van der Waals surface area contributed by atoms with Crippen molar-refractivity contribution in [1.82, 2.24) is 14.4 Å². The molecule has 0 spiro atoms. The van der Waals surface area contributed by atoms with Gasteiger partial charge < -0.3 is 4.40 Å². The van der Waals surface area contributed by atoms with E-state index in [9.17, 15) is 0 Å². The van der Waals surface area contributed by atoms with Gasteiger partial charge in [0.15, 0.2) is 0 Å². The molecule has 0 N–H and O–H groups in total. The summed E-state index contributed by atoms with van der Waals surface area (Å²) in [6.07, 6.45) is 4.96. The Balaban J connectivity index is 1.72. The lowest BCUT2D eigenvalue weighted by Crippen LogP contribution is -1.87. The van der Waals surface area contributed by atoms with Crippen molar-refractivity contribution in [3.8, 4) is 0 Å². The minimum atomic E-state index is 0.841. The minimum absolute atomic E-state index is 0.841. The van der Waals surface area contributed by atoms with E-state index < -0.39 is 0 Å².